The first kappa shape index (κ1) is 13.4. The average Bonchev–Trinajstić information content (AvgIpc) is 2.87. The molecule has 0 heterocycles. The molecule has 0 spiro atoms. The maximum Gasteiger partial charge on any atom is 0.277 e. The van der Waals surface area contributed by atoms with Gasteiger partial charge in [-0.2, -0.15) is 10.4 Å². The minimum absolute atomic E-state index is 0.0883. The van der Waals surface area contributed by atoms with Gasteiger partial charge in [0, 0.05) is 11.6 Å². The zero-order valence-electron chi connectivity index (χ0n) is 11.5. The molecule has 1 aromatic carbocycles. The number of fused-ring (bicyclic) bond motifs is 1. The number of hydrogen-bond donors (Lipinski definition) is 1. The van der Waals surface area contributed by atoms with Crippen LogP contribution in [0.2, 0.25) is 0 Å². The summed E-state index contributed by atoms with van der Waals surface area (Å²) in [7, 11) is 0. The van der Waals surface area contributed by atoms with Crippen molar-refractivity contribution in [2.75, 3.05) is 6.61 Å². The number of amides is 1. The van der Waals surface area contributed by atoms with Gasteiger partial charge in [0.15, 0.2) is 6.61 Å². The Kier molecular flexibility index (Phi) is 3.69. The number of rotatable bonds is 4. The molecule has 1 amide bonds. The summed E-state index contributed by atoms with van der Waals surface area (Å²) in [5.41, 5.74) is 4.16. The molecule has 1 fully saturated rings. The quantitative estimate of drug-likeness (QED) is 0.677. The minimum Gasteiger partial charge on any atom is -0.484 e. The Bertz CT molecular complexity index is 640. The largest absolute Gasteiger partial charge is 0.484 e. The number of hydrazone groups is 1. The van der Waals surface area contributed by atoms with Gasteiger partial charge in [-0.1, -0.05) is 12.2 Å². The van der Waals surface area contributed by atoms with Crippen LogP contribution in [0.1, 0.15) is 18.4 Å². The van der Waals surface area contributed by atoms with Crippen LogP contribution in [-0.4, -0.2) is 18.2 Å². The second-order valence-corrected chi connectivity index (χ2v) is 5.20. The van der Waals surface area contributed by atoms with Crippen LogP contribution in [0.25, 0.3) is 0 Å². The monoisotopic (exact) mass is 281 g/mol. The van der Waals surface area contributed by atoms with E-state index in [1.807, 2.05) is 6.07 Å². The molecular weight excluding hydrogens is 266 g/mol. The van der Waals surface area contributed by atoms with E-state index in [1.54, 1.807) is 24.3 Å². The van der Waals surface area contributed by atoms with E-state index < -0.39 is 0 Å². The van der Waals surface area contributed by atoms with Crippen LogP contribution >= 0.6 is 0 Å². The maximum atomic E-state index is 11.7. The summed E-state index contributed by atoms with van der Waals surface area (Å²) in [5, 5.41) is 12.9. The van der Waals surface area contributed by atoms with Crippen molar-refractivity contribution < 1.29 is 9.53 Å². The number of ether oxygens (including phenoxy) is 1. The van der Waals surface area contributed by atoms with Crippen molar-refractivity contribution in [2.45, 2.75) is 12.8 Å². The molecule has 5 heteroatoms. The molecule has 1 N–H and O–H groups in total. The van der Waals surface area contributed by atoms with Gasteiger partial charge in [-0.05, 0) is 43.0 Å². The van der Waals surface area contributed by atoms with E-state index in [1.165, 1.54) is 0 Å². The number of nitrogens with zero attached hydrogens (tertiary/aromatic N) is 2. The smallest absolute Gasteiger partial charge is 0.277 e. The fourth-order valence-electron chi connectivity index (χ4n) is 2.60. The summed E-state index contributed by atoms with van der Waals surface area (Å²) in [5.74, 6) is 1.39. The lowest BCUT2D eigenvalue weighted by Gasteiger charge is -2.31. The van der Waals surface area contributed by atoms with Crippen molar-refractivity contribution in [2.24, 2.45) is 16.9 Å². The Morgan fingerprint density at radius 2 is 2.24 bits per heavy atom. The van der Waals surface area contributed by atoms with Gasteiger partial charge in [0.2, 0.25) is 0 Å². The number of carbonyl (C=O) groups excluding carboxylic acids is 1. The topological polar surface area (TPSA) is 74.5 Å². The van der Waals surface area contributed by atoms with Gasteiger partial charge in [-0.25, -0.2) is 5.43 Å². The fraction of sp³-hybridized carbons (Fsp3) is 0.312. The normalized spacial score (nSPS) is 24.0. The second-order valence-electron chi connectivity index (χ2n) is 5.20. The lowest BCUT2D eigenvalue weighted by atomic mass is 9.74. The standard InChI is InChI=1S/C16H15N3O2/c17-9-11-4-6-13(7-5-11)21-10-16(20)19-18-15-8-12-2-1-3-14(12)15/h1-2,4-7,12,14H,3,8,10H2,(H,19,20)/b18-15-/t12-,14+/m0/s1. The summed E-state index contributed by atoms with van der Waals surface area (Å²) in [6, 6.07) is 8.65. The summed E-state index contributed by atoms with van der Waals surface area (Å²) in [6.45, 7) is -0.0883. The van der Waals surface area contributed by atoms with Gasteiger partial charge >= 0.3 is 0 Å². The first-order valence-electron chi connectivity index (χ1n) is 6.91. The van der Waals surface area contributed by atoms with Crippen molar-refractivity contribution in [3.63, 3.8) is 0 Å². The van der Waals surface area contributed by atoms with Gasteiger partial charge < -0.3 is 4.74 Å². The van der Waals surface area contributed by atoms with E-state index in [9.17, 15) is 4.79 Å². The number of nitrogens with one attached hydrogen (secondary N) is 1. The molecule has 0 saturated heterocycles. The zero-order chi connectivity index (χ0) is 14.7. The van der Waals surface area contributed by atoms with Gasteiger partial charge in [0.1, 0.15) is 5.75 Å². The third kappa shape index (κ3) is 2.95. The average molecular weight is 281 g/mol. The molecule has 0 bridgehead atoms. The molecule has 0 radical (unpaired) electrons. The van der Waals surface area contributed by atoms with Crippen LogP contribution in [0.3, 0.4) is 0 Å². The third-order valence-corrected chi connectivity index (χ3v) is 3.84. The van der Waals surface area contributed by atoms with Crippen LogP contribution in [-0.2, 0) is 4.79 Å². The molecule has 106 valence electrons. The Labute approximate surface area is 122 Å². The van der Waals surface area contributed by atoms with Crippen LogP contribution in [0.15, 0.2) is 41.5 Å². The first-order chi connectivity index (χ1) is 10.3. The number of carbonyl (C=O) groups is 1. The Balaban J connectivity index is 1.44. The molecule has 0 unspecified atom stereocenters. The highest BCUT2D eigenvalue weighted by atomic mass is 16.5. The highest BCUT2D eigenvalue weighted by Crippen LogP contribution is 2.39. The van der Waals surface area contributed by atoms with Crippen LogP contribution in [0, 0.1) is 23.2 Å². The molecule has 3 rings (SSSR count). The summed E-state index contributed by atoms with van der Waals surface area (Å²) in [4.78, 5) is 11.7. The van der Waals surface area contributed by atoms with Gasteiger partial charge in [0.05, 0.1) is 11.6 Å². The zero-order valence-corrected chi connectivity index (χ0v) is 11.5. The van der Waals surface area contributed by atoms with Gasteiger partial charge in [-0.3, -0.25) is 4.79 Å². The predicted molar refractivity (Wildman–Crippen MR) is 77.6 cm³/mol. The van der Waals surface area contributed by atoms with Crippen molar-refractivity contribution >= 4 is 11.6 Å². The van der Waals surface area contributed by atoms with Crippen molar-refractivity contribution in [1.29, 1.82) is 5.26 Å². The molecule has 0 aliphatic heterocycles. The second kappa shape index (κ2) is 5.80. The van der Waals surface area contributed by atoms with Crippen molar-refractivity contribution in [3.8, 4) is 11.8 Å². The van der Waals surface area contributed by atoms with E-state index >= 15 is 0 Å². The van der Waals surface area contributed by atoms with E-state index in [4.69, 9.17) is 10.00 Å². The fourth-order valence-corrected chi connectivity index (χ4v) is 2.60. The summed E-state index contributed by atoms with van der Waals surface area (Å²) in [6.07, 6.45) is 6.37. The van der Waals surface area contributed by atoms with Crippen molar-refractivity contribution in [1.82, 2.24) is 5.43 Å². The van der Waals surface area contributed by atoms with Gasteiger partial charge in [-0.15, -0.1) is 0 Å². The molecule has 5 nitrogen and oxygen atoms in total. The molecule has 21 heavy (non-hydrogen) atoms. The lowest BCUT2D eigenvalue weighted by molar-refractivity contribution is -0.123. The highest BCUT2D eigenvalue weighted by Gasteiger charge is 2.37. The van der Waals surface area contributed by atoms with E-state index in [2.05, 4.69) is 22.7 Å². The van der Waals surface area contributed by atoms with Gasteiger partial charge in [0.25, 0.3) is 5.91 Å². The third-order valence-electron chi connectivity index (χ3n) is 3.84. The Hall–Kier alpha value is -2.61. The van der Waals surface area contributed by atoms with Crippen molar-refractivity contribution in [3.05, 3.63) is 42.0 Å². The Morgan fingerprint density at radius 3 is 2.95 bits per heavy atom. The SMILES string of the molecule is N#Cc1ccc(OCC(=O)N/N=C2/C[C@@H]3C=CC[C@@H]23)cc1. The van der Waals surface area contributed by atoms with Crippen LogP contribution < -0.4 is 10.2 Å². The maximum absolute atomic E-state index is 11.7. The molecule has 2 atom stereocenters. The van der Waals surface area contributed by atoms with E-state index in [0.29, 0.717) is 23.1 Å². The minimum atomic E-state index is -0.277. The number of nitriles is 1. The summed E-state index contributed by atoms with van der Waals surface area (Å²) < 4.78 is 5.33. The molecule has 1 saturated carbocycles. The highest BCUT2D eigenvalue weighted by molar-refractivity contribution is 5.94. The molecule has 2 aliphatic rings. The van der Waals surface area contributed by atoms with Crippen LogP contribution in [0.5, 0.6) is 5.75 Å². The van der Waals surface area contributed by atoms with Crippen LogP contribution in [0.4, 0.5) is 0 Å². The molecule has 0 aromatic heterocycles. The summed E-state index contributed by atoms with van der Waals surface area (Å²) >= 11 is 0. The predicted octanol–water partition coefficient (Wildman–Crippen LogP) is 2.01. The molecular formula is C16H15N3O2. The number of hydrogen-bond acceptors (Lipinski definition) is 4. The Morgan fingerprint density at radius 1 is 1.43 bits per heavy atom. The van der Waals surface area contributed by atoms with E-state index in [0.717, 1.165) is 18.6 Å². The first-order valence-corrected chi connectivity index (χ1v) is 6.91. The molecule has 1 aromatic rings. The number of allylic oxidation sites excluding steroid dienone is 2. The number of benzene rings is 1. The molecule has 2 aliphatic carbocycles. The van der Waals surface area contributed by atoms with E-state index in [-0.39, 0.29) is 12.5 Å². The lowest BCUT2D eigenvalue weighted by Crippen LogP contribution is -2.36.